The quantitative estimate of drug-likeness (QED) is 0.530. The molecule has 4 rings (SSSR count). The summed E-state index contributed by atoms with van der Waals surface area (Å²) in [7, 11) is 0. The fraction of sp³-hybridized carbons (Fsp3) is 0.0952. The van der Waals surface area contributed by atoms with Crippen molar-refractivity contribution < 1.29 is 4.79 Å². The van der Waals surface area contributed by atoms with Gasteiger partial charge < -0.3 is 5.32 Å². The zero-order chi connectivity index (χ0) is 19.7. The molecule has 0 unspecified atom stereocenters. The number of aromatic nitrogens is 2. The molecule has 7 heteroatoms. The highest BCUT2D eigenvalue weighted by molar-refractivity contribution is 7.17. The van der Waals surface area contributed by atoms with Crippen LogP contribution in [0.4, 0.5) is 5.69 Å². The summed E-state index contributed by atoms with van der Waals surface area (Å²) in [5, 5.41) is 5.74. The summed E-state index contributed by atoms with van der Waals surface area (Å²) in [6.45, 7) is 1.89. The first kappa shape index (κ1) is 18.4. The number of carbonyl (C=O) groups is 1. The van der Waals surface area contributed by atoms with E-state index in [1.54, 1.807) is 24.3 Å². The number of halogens is 1. The number of fused-ring (bicyclic) bond motifs is 1. The summed E-state index contributed by atoms with van der Waals surface area (Å²) in [5.41, 5.74) is 3.29. The molecule has 2 aromatic heterocycles. The summed E-state index contributed by atoms with van der Waals surface area (Å²) < 4.78 is 1.33. The van der Waals surface area contributed by atoms with Gasteiger partial charge in [-0.3, -0.25) is 14.2 Å². The van der Waals surface area contributed by atoms with Gasteiger partial charge in [-0.25, -0.2) is 4.98 Å². The number of anilines is 1. The molecule has 0 spiro atoms. The van der Waals surface area contributed by atoms with Gasteiger partial charge in [0.15, 0.2) is 0 Å². The molecule has 0 atom stereocenters. The number of amides is 1. The van der Waals surface area contributed by atoms with Crippen molar-refractivity contribution in [1.29, 1.82) is 0 Å². The molecule has 28 heavy (non-hydrogen) atoms. The molecule has 0 aliphatic carbocycles. The van der Waals surface area contributed by atoms with Gasteiger partial charge in [0.05, 0.1) is 11.7 Å². The molecule has 0 saturated heterocycles. The van der Waals surface area contributed by atoms with Crippen molar-refractivity contribution in [3.8, 4) is 11.1 Å². The Balaban J connectivity index is 1.66. The Morgan fingerprint density at radius 2 is 2.00 bits per heavy atom. The van der Waals surface area contributed by atoms with Crippen LogP contribution in [0.1, 0.15) is 5.56 Å². The van der Waals surface area contributed by atoms with Crippen molar-refractivity contribution in [2.75, 3.05) is 5.32 Å². The van der Waals surface area contributed by atoms with Crippen LogP contribution in [-0.4, -0.2) is 15.5 Å². The SMILES string of the molecule is Cc1ccc(-c2csc3ncn(CC(=O)Nc4cccc(Cl)c4)c(=O)c23)cc1. The van der Waals surface area contributed by atoms with Crippen LogP contribution in [0.25, 0.3) is 21.3 Å². The minimum absolute atomic E-state index is 0.128. The number of benzene rings is 2. The van der Waals surface area contributed by atoms with E-state index in [0.29, 0.717) is 20.9 Å². The zero-order valence-corrected chi connectivity index (χ0v) is 16.6. The van der Waals surface area contributed by atoms with E-state index < -0.39 is 0 Å². The van der Waals surface area contributed by atoms with Crippen LogP contribution >= 0.6 is 22.9 Å². The van der Waals surface area contributed by atoms with Crippen molar-refractivity contribution in [2.45, 2.75) is 13.5 Å². The van der Waals surface area contributed by atoms with Gasteiger partial charge in [-0.2, -0.15) is 0 Å². The average molecular weight is 410 g/mol. The summed E-state index contributed by atoms with van der Waals surface area (Å²) in [4.78, 5) is 30.4. The molecule has 0 radical (unpaired) electrons. The second-order valence-electron chi connectivity index (χ2n) is 6.43. The van der Waals surface area contributed by atoms with Crippen molar-refractivity contribution in [3.05, 3.63) is 81.2 Å². The predicted molar refractivity (Wildman–Crippen MR) is 114 cm³/mol. The van der Waals surface area contributed by atoms with Crippen molar-refractivity contribution in [1.82, 2.24) is 9.55 Å². The lowest BCUT2D eigenvalue weighted by Gasteiger charge is -2.08. The summed E-state index contributed by atoms with van der Waals surface area (Å²) in [5.74, 6) is -0.322. The summed E-state index contributed by atoms with van der Waals surface area (Å²) in [6, 6.07) is 14.8. The molecule has 0 aliphatic rings. The van der Waals surface area contributed by atoms with E-state index in [4.69, 9.17) is 11.6 Å². The van der Waals surface area contributed by atoms with Crippen molar-refractivity contribution in [3.63, 3.8) is 0 Å². The van der Waals surface area contributed by atoms with E-state index >= 15 is 0 Å². The second kappa shape index (κ2) is 7.58. The van der Waals surface area contributed by atoms with Gasteiger partial charge in [0.25, 0.3) is 5.56 Å². The monoisotopic (exact) mass is 409 g/mol. The smallest absolute Gasteiger partial charge is 0.263 e. The van der Waals surface area contributed by atoms with Crippen molar-refractivity contribution >= 4 is 44.7 Å². The van der Waals surface area contributed by atoms with Gasteiger partial charge in [0.2, 0.25) is 5.91 Å². The molecule has 4 aromatic rings. The third-order valence-corrected chi connectivity index (χ3v) is 5.47. The number of hydrogen-bond donors (Lipinski definition) is 1. The van der Waals surface area contributed by atoms with Crippen LogP contribution in [0.2, 0.25) is 5.02 Å². The van der Waals surface area contributed by atoms with E-state index in [-0.39, 0.29) is 18.0 Å². The van der Waals surface area contributed by atoms with Gasteiger partial charge in [-0.15, -0.1) is 11.3 Å². The number of carbonyl (C=O) groups excluding carboxylic acids is 1. The number of aryl methyl sites for hydroxylation is 1. The van der Waals surface area contributed by atoms with Crippen LogP contribution < -0.4 is 10.9 Å². The molecular formula is C21H16ClN3O2S. The molecule has 1 amide bonds. The first-order chi connectivity index (χ1) is 13.5. The lowest BCUT2D eigenvalue weighted by atomic mass is 10.1. The second-order valence-corrected chi connectivity index (χ2v) is 7.73. The predicted octanol–water partition coefficient (Wildman–Crippen LogP) is 4.73. The molecular weight excluding hydrogens is 394 g/mol. The topological polar surface area (TPSA) is 64.0 Å². The molecule has 1 N–H and O–H groups in total. The fourth-order valence-corrected chi connectivity index (χ4v) is 4.04. The molecule has 2 aromatic carbocycles. The molecule has 0 aliphatic heterocycles. The first-order valence-corrected chi connectivity index (χ1v) is 9.86. The first-order valence-electron chi connectivity index (χ1n) is 8.60. The van der Waals surface area contributed by atoms with Crippen molar-refractivity contribution in [2.24, 2.45) is 0 Å². The standard InChI is InChI=1S/C21H16ClN3O2S/c1-13-5-7-14(8-6-13)17-11-28-20-19(17)21(27)25(12-23-20)10-18(26)24-16-4-2-3-15(22)9-16/h2-9,11-12H,10H2,1H3,(H,24,26). The molecule has 0 bridgehead atoms. The average Bonchev–Trinajstić information content (AvgIpc) is 3.09. The van der Waals surface area contributed by atoms with Gasteiger partial charge in [0, 0.05) is 21.7 Å². The Morgan fingerprint density at radius 1 is 1.21 bits per heavy atom. The Bertz CT molecular complexity index is 1230. The maximum atomic E-state index is 13.0. The van der Waals surface area contributed by atoms with E-state index in [0.717, 1.165) is 16.7 Å². The summed E-state index contributed by atoms with van der Waals surface area (Å²) in [6.07, 6.45) is 1.41. The zero-order valence-electron chi connectivity index (χ0n) is 15.0. The van der Waals surface area contributed by atoms with Crippen LogP contribution in [0, 0.1) is 6.92 Å². The minimum Gasteiger partial charge on any atom is -0.324 e. The Labute approximate surface area is 170 Å². The maximum Gasteiger partial charge on any atom is 0.263 e. The number of thiophene rings is 1. The highest BCUT2D eigenvalue weighted by Crippen LogP contribution is 2.30. The number of nitrogens with one attached hydrogen (secondary N) is 1. The van der Waals surface area contributed by atoms with Crippen LogP contribution in [0.15, 0.2) is 65.0 Å². The number of nitrogens with zero attached hydrogens (tertiary/aromatic N) is 2. The Morgan fingerprint density at radius 3 is 2.75 bits per heavy atom. The van der Waals surface area contributed by atoms with Crippen LogP contribution in [0.3, 0.4) is 0 Å². The minimum atomic E-state index is -0.322. The largest absolute Gasteiger partial charge is 0.324 e. The third kappa shape index (κ3) is 3.69. The molecule has 0 fully saturated rings. The van der Waals surface area contributed by atoms with Gasteiger partial charge in [0.1, 0.15) is 11.4 Å². The number of hydrogen-bond acceptors (Lipinski definition) is 4. The highest BCUT2D eigenvalue weighted by atomic mass is 35.5. The highest BCUT2D eigenvalue weighted by Gasteiger charge is 2.15. The van der Waals surface area contributed by atoms with Crippen LogP contribution in [-0.2, 0) is 11.3 Å². The molecule has 0 saturated carbocycles. The summed E-state index contributed by atoms with van der Waals surface area (Å²) >= 11 is 7.36. The van der Waals surface area contributed by atoms with Gasteiger partial charge in [-0.05, 0) is 30.7 Å². The maximum absolute atomic E-state index is 13.0. The lowest BCUT2D eigenvalue weighted by molar-refractivity contribution is -0.116. The van der Waals surface area contributed by atoms with E-state index in [2.05, 4.69) is 10.3 Å². The Hall–Kier alpha value is -2.96. The van der Waals surface area contributed by atoms with E-state index in [9.17, 15) is 9.59 Å². The van der Waals surface area contributed by atoms with E-state index in [1.807, 2.05) is 36.6 Å². The van der Waals surface area contributed by atoms with Crippen LogP contribution in [0.5, 0.6) is 0 Å². The molecule has 2 heterocycles. The number of rotatable bonds is 4. The normalized spacial score (nSPS) is 10.9. The molecule has 5 nitrogen and oxygen atoms in total. The molecule has 140 valence electrons. The lowest BCUT2D eigenvalue weighted by Crippen LogP contribution is -2.27. The van der Waals surface area contributed by atoms with E-state index in [1.165, 1.54) is 22.2 Å². The van der Waals surface area contributed by atoms with Gasteiger partial charge in [-0.1, -0.05) is 47.5 Å². The fourth-order valence-electron chi connectivity index (χ4n) is 2.95. The third-order valence-electron chi connectivity index (χ3n) is 4.35. The Kier molecular flexibility index (Phi) is 4.98. The van der Waals surface area contributed by atoms with Gasteiger partial charge >= 0.3 is 0 Å².